The molecular formula is C19H24NO4+. The summed E-state index contributed by atoms with van der Waals surface area (Å²) in [4.78, 5) is 12.8. The maximum absolute atomic E-state index is 12.8. The number of benzene rings is 1. The maximum Gasteiger partial charge on any atom is 0.174 e. The molecule has 4 aliphatic rings. The molecule has 5 heteroatoms. The molecule has 0 aromatic heterocycles. The number of aromatic hydroxyl groups is 1. The van der Waals surface area contributed by atoms with Crippen LogP contribution in [0.25, 0.3) is 0 Å². The number of carbonyl (C=O) groups is 1. The van der Waals surface area contributed by atoms with Crippen LogP contribution in [0, 0.1) is 0 Å². The predicted octanol–water partition coefficient (Wildman–Crippen LogP) is 1.54. The third-order valence-electron chi connectivity index (χ3n) is 7.38. The van der Waals surface area contributed by atoms with Crippen molar-refractivity contribution in [2.24, 2.45) is 0 Å². The number of phenolic OH excluding ortho intramolecular Hbond substituents is 1. The highest BCUT2D eigenvalue weighted by molar-refractivity contribution is 5.90. The second-order valence-electron chi connectivity index (χ2n) is 8.45. The molecule has 2 unspecified atom stereocenters. The average Bonchev–Trinajstić information content (AvgIpc) is 2.92. The number of likely N-dealkylation sites (tertiary alicyclic amines) is 1. The Morgan fingerprint density at radius 2 is 2.12 bits per heavy atom. The summed E-state index contributed by atoms with van der Waals surface area (Å²) in [5.41, 5.74) is 1.42. The molecule has 5 rings (SSSR count). The molecule has 24 heavy (non-hydrogen) atoms. The first-order valence-electron chi connectivity index (χ1n) is 8.80. The predicted molar refractivity (Wildman–Crippen MR) is 87.3 cm³/mol. The van der Waals surface area contributed by atoms with E-state index < -0.39 is 17.1 Å². The quantitative estimate of drug-likeness (QED) is 0.794. The molecule has 2 fully saturated rings. The third kappa shape index (κ3) is 1.32. The Kier molecular flexibility index (Phi) is 2.54. The Balaban J connectivity index is 1.89. The van der Waals surface area contributed by atoms with Gasteiger partial charge >= 0.3 is 0 Å². The molecule has 2 aliphatic carbocycles. The number of nitrogens with zero attached hydrogens (tertiary/aromatic N) is 1. The smallest absolute Gasteiger partial charge is 0.174 e. The number of likely N-dealkylation sites (N-methyl/N-ethyl adjacent to an activating group) is 1. The lowest BCUT2D eigenvalue weighted by molar-refractivity contribution is -0.931. The second-order valence-corrected chi connectivity index (χ2v) is 8.45. The summed E-state index contributed by atoms with van der Waals surface area (Å²) in [5.74, 6) is 0.824. The van der Waals surface area contributed by atoms with E-state index in [1.807, 2.05) is 6.07 Å². The standard InChI is InChI=1S/C19H23NO4/c1-20(2)9-8-18-15-11-4-5-12(21)16(15)24-17(18)13(22)6-7-19(18,23-3)14(20)10-11/h4-5,14,17H,6-10H2,1-3H3/p+1/t14?,17?,18-,19+/m0/s1. The van der Waals surface area contributed by atoms with Gasteiger partial charge in [-0.1, -0.05) is 6.07 Å². The number of phenols is 1. The van der Waals surface area contributed by atoms with Crippen molar-refractivity contribution in [3.63, 3.8) is 0 Å². The van der Waals surface area contributed by atoms with Crippen LogP contribution in [-0.4, -0.2) is 60.9 Å². The van der Waals surface area contributed by atoms with E-state index in [0.717, 1.165) is 35.9 Å². The number of ketones is 1. The zero-order chi connectivity index (χ0) is 16.9. The largest absolute Gasteiger partial charge is 0.504 e. The van der Waals surface area contributed by atoms with Gasteiger partial charge in [0.05, 0.1) is 26.1 Å². The summed E-state index contributed by atoms with van der Waals surface area (Å²) in [6.07, 6.45) is 2.46. The van der Waals surface area contributed by atoms with Crippen LogP contribution in [0.4, 0.5) is 0 Å². The van der Waals surface area contributed by atoms with Crippen molar-refractivity contribution in [1.82, 2.24) is 0 Å². The molecule has 1 N–H and O–H groups in total. The SMILES string of the molecule is CO[C@@]12CCC(=O)C3Oc4c(O)ccc5c4[C@@]31CC[N+](C)(C)C2C5. The summed E-state index contributed by atoms with van der Waals surface area (Å²) < 4.78 is 13.3. The Morgan fingerprint density at radius 1 is 1.33 bits per heavy atom. The van der Waals surface area contributed by atoms with Gasteiger partial charge in [0.15, 0.2) is 23.4 Å². The van der Waals surface area contributed by atoms with Crippen molar-refractivity contribution in [2.45, 2.75) is 48.8 Å². The van der Waals surface area contributed by atoms with Crippen LogP contribution in [0.1, 0.15) is 30.4 Å². The summed E-state index contributed by atoms with van der Waals surface area (Å²) in [7, 11) is 6.33. The van der Waals surface area contributed by atoms with Crippen LogP contribution < -0.4 is 4.74 Å². The monoisotopic (exact) mass is 330 g/mol. The van der Waals surface area contributed by atoms with Crippen molar-refractivity contribution in [2.75, 3.05) is 27.7 Å². The number of Topliss-reactive ketones (excluding diaryl/α,β-unsaturated/α-hetero) is 1. The summed E-state index contributed by atoms with van der Waals surface area (Å²) >= 11 is 0. The van der Waals surface area contributed by atoms with Crippen LogP contribution >= 0.6 is 0 Å². The number of piperidine rings is 1. The van der Waals surface area contributed by atoms with Crippen molar-refractivity contribution in [3.8, 4) is 11.5 Å². The molecule has 1 spiro atoms. The number of rotatable bonds is 1. The van der Waals surface area contributed by atoms with E-state index in [-0.39, 0.29) is 11.5 Å². The highest BCUT2D eigenvalue weighted by Gasteiger charge is 2.76. The van der Waals surface area contributed by atoms with Crippen LogP contribution in [0.15, 0.2) is 12.1 Å². The van der Waals surface area contributed by atoms with Crippen molar-refractivity contribution in [3.05, 3.63) is 23.3 Å². The van der Waals surface area contributed by atoms with Gasteiger partial charge in [-0.2, -0.15) is 0 Å². The Labute approximate surface area is 141 Å². The van der Waals surface area contributed by atoms with Crippen LogP contribution in [-0.2, 0) is 21.4 Å². The number of ether oxygens (including phenoxy) is 2. The average molecular weight is 330 g/mol. The summed E-state index contributed by atoms with van der Waals surface area (Å²) in [6, 6.07) is 4.01. The zero-order valence-corrected chi connectivity index (χ0v) is 14.5. The molecule has 2 aliphatic heterocycles. The van der Waals surface area contributed by atoms with E-state index in [0.29, 0.717) is 18.2 Å². The topological polar surface area (TPSA) is 55.8 Å². The Bertz CT molecular complexity index is 773. The van der Waals surface area contributed by atoms with E-state index in [1.165, 1.54) is 5.56 Å². The molecule has 1 saturated heterocycles. The first-order chi connectivity index (χ1) is 11.4. The normalized spacial score (nSPS) is 40.9. The summed E-state index contributed by atoms with van der Waals surface area (Å²) in [5, 5.41) is 10.4. The molecule has 1 aromatic rings. The number of carbonyl (C=O) groups excluding carboxylic acids is 1. The van der Waals surface area contributed by atoms with Gasteiger partial charge in [0, 0.05) is 31.9 Å². The molecule has 4 atom stereocenters. The third-order valence-corrected chi connectivity index (χ3v) is 7.38. The van der Waals surface area contributed by atoms with Crippen LogP contribution in [0.3, 0.4) is 0 Å². The number of hydrogen-bond donors (Lipinski definition) is 1. The van der Waals surface area contributed by atoms with Gasteiger partial charge in [0.2, 0.25) is 0 Å². The second kappa shape index (κ2) is 4.14. The Morgan fingerprint density at radius 3 is 2.88 bits per heavy atom. The van der Waals surface area contributed by atoms with Crippen molar-refractivity contribution in [1.29, 1.82) is 0 Å². The van der Waals surface area contributed by atoms with Crippen molar-refractivity contribution >= 4 is 5.78 Å². The van der Waals surface area contributed by atoms with Gasteiger partial charge in [0.25, 0.3) is 0 Å². The van der Waals surface area contributed by atoms with E-state index in [4.69, 9.17) is 9.47 Å². The molecule has 5 nitrogen and oxygen atoms in total. The van der Waals surface area contributed by atoms with Gasteiger partial charge in [-0.15, -0.1) is 0 Å². The minimum atomic E-state index is -0.517. The number of methoxy groups -OCH3 is 1. The molecule has 1 saturated carbocycles. The Hall–Kier alpha value is -1.59. The molecule has 0 radical (unpaired) electrons. The fourth-order valence-electron chi connectivity index (χ4n) is 6.33. The zero-order valence-electron chi connectivity index (χ0n) is 14.5. The molecule has 2 heterocycles. The fourth-order valence-corrected chi connectivity index (χ4v) is 6.33. The minimum Gasteiger partial charge on any atom is -0.504 e. The van der Waals surface area contributed by atoms with Crippen LogP contribution in [0.5, 0.6) is 11.5 Å². The van der Waals surface area contributed by atoms with Crippen LogP contribution in [0.2, 0.25) is 0 Å². The fraction of sp³-hybridized carbons (Fsp3) is 0.632. The van der Waals surface area contributed by atoms with Gasteiger partial charge in [-0.25, -0.2) is 0 Å². The van der Waals surface area contributed by atoms with Crippen molar-refractivity contribution < 1.29 is 23.9 Å². The molecule has 0 amide bonds. The minimum absolute atomic E-state index is 0.146. The lowest BCUT2D eigenvalue weighted by atomic mass is 9.48. The van der Waals surface area contributed by atoms with E-state index in [1.54, 1.807) is 13.2 Å². The van der Waals surface area contributed by atoms with E-state index >= 15 is 0 Å². The molecular weight excluding hydrogens is 306 g/mol. The number of quaternary nitrogens is 1. The molecule has 1 aromatic carbocycles. The van der Waals surface area contributed by atoms with E-state index in [2.05, 4.69) is 14.1 Å². The molecule has 128 valence electrons. The van der Waals surface area contributed by atoms with Gasteiger partial charge in [-0.3, -0.25) is 4.79 Å². The van der Waals surface area contributed by atoms with E-state index in [9.17, 15) is 9.90 Å². The van der Waals surface area contributed by atoms with Gasteiger partial charge in [-0.05, 0) is 18.1 Å². The highest BCUT2D eigenvalue weighted by Crippen LogP contribution is 2.66. The number of hydrogen-bond acceptors (Lipinski definition) is 4. The van der Waals surface area contributed by atoms with Gasteiger partial charge in [0.1, 0.15) is 11.6 Å². The lowest BCUT2D eigenvalue weighted by Crippen LogP contribution is -2.80. The van der Waals surface area contributed by atoms with Gasteiger partial charge < -0.3 is 19.1 Å². The maximum atomic E-state index is 12.8. The summed E-state index contributed by atoms with van der Waals surface area (Å²) in [6.45, 7) is 0.984. The lowest BCUT2D eigenvalue weighted by Gasteiger charge is -2.64. The first kappa shape index (κ1) is 14.7. The highest BCUT2D eigenvalue weighted by atomic mass is 16.5. The first-order valence-corrected chi connectivity index (χ1v) is 8.80. The molecule has 2 bridgehead atoms.